The molecule has 1 aliphatic heterocycles. The highest BCUT2D eigenvalue weighted by atomic mass is 35.5. The van der Waals surface area contributed by atoms with E-state index in [0.29, 0.717) is 22.3 Å². The van der Waals surface area contributed by atoms with Gasteiger partial charge >= 0.3 is 0 Å². The zero-order chi connectivity index (χ0) is 12.2. The number of carbonyl (C=O) groups excluding carboxylic acids is 1. The van der Waals surface area contributed by atoms with Gasteiger partial charge in [0, 0.05) is 18.0 Å². The fourth-order valence-electron chi connectivity index (χ4n) is 2.31. The third-order valence-corrected chi connectivity index (χ3v) is 3.92. The Morgan fingerprint density at radius 1 is 1.41 bits per heavy atom. The first-order valence-electron chi connectivity index (χ1n) is 5.36. The molecule has 0 saturated heterocycles. The van der Waals surface area contributed by atoms with Crippen molar-refractivity contribution in [3.05, 3.63) is 33.9 Å². The lowest BCUT2D eigenvalue weighted by atomic mass is 10.2. The van der Waals surface area contributed by atoms with Crippen molar-refractivity contribution < 1.29 is 4.79 Å². The molecule has 1 aliphatic rings. The molecule has 0 spiro atoms. The SMILES string of the molecule is C[C@@H]1CNC(=O)c2cc3ccc(Cl)c(Cl)c3n21. The monoisotopic (exact) mass is 268 g/mol. The molecule has 0 bridgehead atoms. The number of rotatable bonds is 0. The molecular weight excluding hydrogens is 259 g/mol. The van der Waals surface area contributed by atoms with Crippen molar-refractivity contribution in [1.29, 1.82) is 0 Å². The number of fused-ring (bicyclic) bond motifs is 3. The zero-order valence-electron chi connectivity index (χ0n) is 9.13. The minimum Gasteiger partial charge on any atom is -0.349 e. The van der Waals surface area contributed by atoms with E-state index in [9.17, 15) is 4.79 Å². The number of amides is 1. The standard InChI is InChI=1S/C12H10Cl2N2O/c1-6-5-15-12(17)9-4-7-2-3-8(13)10(14)11(7)16(6)9/h2-4,6H,5H2,1H3,(H,15,17)/t6-/m1/s1. The number of halogens is 2. The Labute approximate surface area is 108 Å². The van der Waals surface area contributed by atoms with Crippen molar-refractivity contribution in [3.63, 3.8) is 0 Å². The van der Waals surface area contributed by atoms with Crippen LogP contribution in [-0.4, -0.2) is 17.0 Å². The molecule has 3 nitrogen and oxygen atoms in total. The Morgan fingerprint density at radius 2 is 2.18 bits per heavy atom. The van der Waals surface area contributed by atoms with Crippen molar-refractivity contribution in [2.45, 2.75) is 13.0 Å². The fourth-order valence-corrected chi connectivity index (χ4v) is 2.72. The normalized spacial score (nSPS) is 19.2. The molecule has 2 heterocycles. The molecular formula is C12H10Cl2N2O. The van der Waals surface area contributed by atoms with Gasteiger partial charge in [-0.2, -0.15) is 0 Å². The number of carbonyl (C=O) groups is 1. The molecule has 88 valence electrons. The molecule has 0 radical (unpaired) electrons. The quantitative estimate of drug-likeness (QED) is 0.782. The maximum atomic E-state index is 11.8. The summed E-state index contributed by atoms with van der Waals surface area (Å²) in [4.78, 5) is 11.8. The smallest absolute Gasteiger partial charge is 0.268 e. The minimum atomic E-state index is -0.0634. The predicted octanol–water partition coefficient (Wildman–Crippen LogP) is 3.25. The van der Waals surface area contributed by atoms with Gasteiger partial charge in [-0.3, -0.25) is 4.79 Å². The van der Waals surface area contributed by atoms with Crippen LogP contribution in [-0.2, 0) is 0 Å². The van der Waals surface area contributed by atoms with Crippen LogP contribution in [0.5, 0.6) is 0 Å². The van der Waals surface area contributed by atoms with Crippen LogP contribution in [0.1, 0.15) is 23.5 Å². The number of hydrogen-bond acceptors (Lipinski definition) is 1. The molecule has 0 unspecified atom stereocenters. The highest BCUT2D eigenvalue weighted by molar-refractivity contribution is 6.45. The topological polar surface area (TPSA) is 34.0 Å². The molecule has 1 atom stereocenters. The Kier molecular flexibility index (Phi) is 2.35. The zero-order valence-corrected chi connectivity index (χ0v) is 10.6. The maximum absolute atomic E-state index is 11.8. The van der Waals surface area contributed by atoms with Gasteiger partial charge in [0.15, 0.2) is 0 Å². The third kappa shape index (κ3) is 1.46. The van der Waals surface area contributed by atoms with Gasteiger partial charge in [0.2, 0.25) is 0 Å². The summed E-state index contributed by atoms with van der Waals surface area (Å²) in [7, 11) is 0. The first-order chi connectivity index (χ1) is 8.09. The number of benzene rings is 1. The summed E-state index contributed by atoms with van der Waals surface area (Å²) in [6, 6.07) is 5.66. The van der Waals surface area contributed by atoms with Gasteiger partial charge in [-0.1, -0.05) is 29.3 Å². The molecule has 0 saturated carbocycles. The number of nitrogens with zero attached hydrogens (tertiary/aromatic N) is 1. The van der Waals surface area contributed by atoms with E-state index in [0.717, 1.165) is 10.9 Å². The van der Waals surface area contributed by atoms with Crippen molar-refractivity contribution in [2.24, 2.45) is 0 Å². The van der Waals surface area contributed by atoms with Gasteiger partial charge in [0.1, 0.15) is 5.69 Å². The highest BCUT2D eigenvalue weighted by Crippen LogP contribution is 2.35. The first kappa shape index (κ1) is 10.9. The van der Waals surface area contributed by atoms with E-state index in [4.69, 9.17) is 23.2 Å². The van der Waals surface area contributed by atoms with Crippen molar-refractivity contribution in [3.8, 4) is 0 Å². The molecule has 0 aliphatic carbocycles. The van der Waals surface area contributed by atoms with Gasteiger partial charge in [0.25, 0.3) is 5.91 Å². The summed E-state index contributed by atoms with van der Waals surface area (Å²) >= 11 is 12.3. The van der Waals surface area contributed by atoms with Crippen LogP contribution in [0.25, 0.3) is 10.9 Å². The molecule has 1 aromatic carbocycles. The average molecular weight is 269 g/mol. The van der Waals surface area contributed by atoms with Crippen LogP contribution in [0.4, 0.5) is 0 Å². The lowest BCUT2D eigenvalue weighted by Gasteiger charge is -2.24. The molecule has 1 amide bonds. The minimum absolute atomic E-state index is 0.0634. The van der Waals surface area contributed by atoms with E-state index >= 15 is 0 Å². The van der Waals surface area contributed by atoms with E-state index in [2.05, 4.69) is 5.32 Å². The lowest BCUT2D eigenvalue weighted by Crippen LogP contribution is -2.37. The van der Waals surface area contributed by atoms with Gasteiger partial charge in [-0.05, 0) is 19.1 Å². The summed E-state index contributed by atoms with van der Waals surface area (Å²) in [6.07, 6.45) is 0. The van der Waals surface area contributed by atoms with E-state index in [1.54, 1.807) is 6.07 Å². The van der Waals surface area contributed by atoms with Crippen LogP contribution in [0.15, 0.2) is 18.2 Å². The van der Waals surface area contributed by atoms with Gasteiger partial charge in [-0.15, -0.1) is 0 Å². The summed E-state index contributed by atoms with van der Waals surface area (Å²) in [5.41, 5.74) is 1.49. The van der Waals surface area contributed by atoms with Crippen molar-refractivity contribution in [1.82, 2.24) is 9.88 Å². The van der Waals surface area contributed by atoms with E-state index in [1.807, 2.05) is 23.6 Å². The van der Waals surface area contributed by atoms with Crippen LogP contribution < -0.4 is 5.32 Å². The Bertz CT molecular complexity index is 633. The number of nitrogens with one attached hydrogen (secondary N) is 1. The van der Waals surface area contributed by atoms with Crippen molar-refractivity contribution in [2.75, 3.05) is 6.54 Å². The highest BCUT2D eigenvalue weighted by Gasteiger charge is 2.25. The lowest BCUT2D eigenvalue weighted by molar-refractivity contribution is 0.0919. The summed E-state index contributed by atoms with van der Waals surface area (Å²) in [5, 5.41) is 4.81. The second-order valence-corrected chi connectivity index (χ2v) is 5.04. The van der Waals surface area contributed by atoms with Gasteiger partial charge in [-0.25, -0.2) is 0 Å². The van der Waals surface area contributed by atoms with E-state index in [-0.39, 0.29) is 11.9 Å². The molecule has 1 N–H and O–H groups in total. The predicted molar refractivity (Wildman–Crippen MR) is 69.0 cm³/mol. The summed E-state index contributed by atoms with van der Waals surface area (Å²) in [6.45, 7) is 2.65. The Balaban J connectivity index is 2.44. The molecule has 2 aromatic rings. The molecule has 17 heavy (non-hydrogen) atoms. The van der Waals surface area contributed by atoms with Gasteiger partial charge in [0.05, 0.1) is 15.6 Å². The maximum Gasteiger partial charge on any atom is 0.268 e. The Hall–Kier alpha value is -1.19. The summed E-state index contributed by atoms with van der Waals surface area (Å²) < 4.78 is 1.96. The van der Waals surface area contributed by atoms with Crippen LogP contribution in [0.2, 0.25) is 10.0 Å². The summed E-state index contributed by atoms with van der Waals surface area (Å²) in [5.74, 6) is -0.0634. The van der Waals surface area contributed by atoms with Crippen molar-refractivity contribution >= 4 is 40.0 Å². The fraction of sp³-hybridized carbons (Fsp3) is 0.250. The third-order valence-electron chi connectivity index (χ3n) is 3.12. The molecule has 5 heteroatoms. The first-order valence-corrected chi connectivity index (χ1v) is 6.12. The van der Waals surface area contributed by atoms with Crippen LogP contribution in [0, 0.1) is 0 Å². The van der Waals surface area contributed by atoms with E-state index in [1.165, 1.54) is 0 Å². The Morgan fingerprint density at radius 3 is 2.94 bits per heavy atom. The average Bonchev–Trinajstić information content (AvgIpc) is 2.70. The van der Waals surface area contributed by atoms with Crippen LogP contribution >= 0.6 is 23.2 Å². The second kappa shape index (κ2) is 3.65. The molecule has 3 rings (SSSR count). The number of hydrogen-bond donors (Lipinski definition) is 1. The molecule has 1 aromatic heterocycles. The number of aromatic nitrogens is 1. The second-order valence-electron chi connectivity index (χ2n) is 4.26. The van der Waals surface area contributed by atoms with Gasteiger partial charge < -0.3 is 9.88 Å². The largest absolute Gasteiger partial charge is 0.349 e. The molecule has 0 fully saturated rings. The van der Waals surface area contributed by atoms with Crippen LogP contribution in [0.3, 0.4) is 0 Å². The van der Waals surface area contributed by atoms with E-state index < -0.39 is 0 Å².